The van der Waals surface area contributed by atoms with Crippen molar-refractivity contribution in [2.75, 3.05) is 18.2 Å². The minimum atomic E-state index is -0.196. The van der Waals surface area contributed by atoms with Gasteiger partial charge in [-0.15, -0.1) is 0 Å². The number of nitrogens with one attached hydrogen (secondary N) is 1. The number of carbonyl (C=O) groups is 1. The highest BCUT2D eigenvalue weighted by Gasteiger charge is 2.13. The Balaban J connectivity index is 2.30. The Morgan fingerprint density at radius 1 is 1.30 bits per heavy atom. The van der Waals surface area contributed by atoms with Gasteiger partial charge in [-0.1, -0.05) is 15.9 Å². The van der Waals surface area contributed by atoms with Crippen molar-refractivity contribution < 1.29 is 9.53 Å². The second-order valence-electron chi connectivity index (χ2n) is 4.04. The van der Waals surface area contributed by atoms with E-state index in [1.807, 2.05) is 12.1 Å². The molecule has 0 saturated carbocycles. The Bertz CT molecular complexity index is 662. The molecule has 104 valence electrons. The summed E-state index contributed by atoms with van der Waals surface area (Å²) in [6.45, 7) is 0. The molecular formula is C14H12BrIN2O2. The Kier molecular flexibility index (Phi) is 4.87. The first-order valence-electron chi connectivity index (χ1n) is 5.71. The number of benzene rings is 2. The molecule has 3 N–H and O–H groups in total. The summed E-state index contributed by atoms with van der Waals surface area (Å²) in [4.78, 5) is 12.3. The van der Waals surface area contributed by atoms with E-state index in [1.165, 1.54) is 7.11 Å². The minimum absolute atomic E-state index is 0.196. The first-order valence-corrected chi connectivity index (χ1v) is 7.58. The van der Waals surface area contributed by atoms with Crippen LogP contribution < -0.4 is 15.8 Å². The maximum absolute atomic E-state index is 12.3. The fraction of sp³-hybridized carbons (Fsp3) is 0.0714. The van der Waals surface area contributed by atoms with E-state index in [1.54, 1.807) is 24.3 Å². The normalized spacial score (nSPS) is 10.2. The number of ether oxygens (including phenoxy) is 1. The average molecular weight is 447 g/mol. The van der Waals surface area contributed by atoms with E-state index in [0.717, 1.165) is 8.04 Å². The van der Waals surface area contributed by atoms with Gasteiger partial charge in [-0.2, -0.15) is 0 Å². The van der Waals surface area contributed by atoms with E-state index >= 15 is 0 Å². The molecule has 0 spiro atoms. The monoisotopic (exact) mass is 446 g/mol. The summed E-state index contributed by atoms with van der Waals surface area (Å²) in [5.41, 5.74) is 7.45. The molecule has 0 bridgehead atoms. The Morgan fingerprint density at radius 3 is 2.75 bits per heavy atom. The molecule has 2 aromatic rings. The predicted octanol–water partition coefficient (Wildman–Crippen LogP) is 3.90. The van der Waals surface area contributed by atoms with Crippen molar-refractivity contribution >= 4 is 55.8 Å². The second-order valence-corrected chi connectivity index (χ2v) is 6.12. The smallest absolute Gasteiger partial charge is 0.256 e. The summed E-state index contributed by atoms with van der Waals surface area (Å²) in [6, 6.07) is 10.6. The number of halogens is 2. The van der Waals surface area contributed by atoms with E-state index in [-0.39, 0.29) is 5.91 Å². The quantitative estimate of drug-likeness (QED) is 0.555. The molecule has 0 aromatic heterocycles. The van der Waals surface area contributed by atoms with Crippen LogP contribution in [0.4, 0.5) is 11.4 Å². The van der Waals surface area contributed by atoms with Gasteiger partial charge in [0.15, 0.2) is 0 Å². The SMILES string of the molecule is COc1cc(N)ccc1NC(=O)c1cc(Br)ccc1I. The number of amides is 1. The number of hydrogen-bond donors (Lipinski definition) is 2. The number of nitrogen functional groups attached to an aromatic ring is 1. The van der Waals surface area contributed by atoms with E-state index in [0.29, 0.717) is 22.7 Å². The van der Waals surface area contributed by atoms with E-state index < -0.39 is 0 Å². The first-order chi connectivity index (χ1) is 9.51. The molecule has 0 aliphatic heterocycles. The van der Waals surface area contributed by atoms with Crippen molar-refractivity contribution in [3.63, 3.8) is 0 Å². The molecule has 0 radical (unpaired) electrons. The van der Waals surface area contributed by atoms with Crippen LogP contribution in [0.1, 0.15) is 10.4 Å². The van der Waals surface area contributed by atoms with Gasteiger partial charge >= 0.3 is 0 Å². The van der Waals surface area contributed by atoms with Gasteiger partial charge in [0.2, 0.25) is 0 Å². The molecule has 1 amide bonds. The van der Waals surface area contributed by atoms with Gasteiger partial charge in [-0.3, -0.25) is 4.79 Å². The lowest BCUT2D eigenvalue weighted by Crippen LogP contribution is -2.14. The van der Waals surface area contributed by atoms with Crippen molar-refractivity contribution in [3.05, 3.63) is 50.0 Å². The van der Waals surface area contributed by atoms with Crippen LogP contribution in [0.2, 0.25) is 0 Å². The van der Waals surface area contributed by atoms with Crippen molar-refractivity contribution in [1.82, 2.24) is 0 Å². The van der Waals surface area contributed by atoms with Crippen LogP contribution in [0.3, 0.4) is 0 Å². The average Bonchev–Trinajstić information content (AvgIpc) is 2.43. The number of nitrogens with two attached hydrogens (primary N) is 1. The van der Waals surface area contributed by atoms with Crippen molar-refractivity contribution in [2.45, 2.75) is 0 Å². The highest BCUT2D eigenvalue weighted by Crippen LogP contribution is 2.28. The van der Waals surface area contributed by atoms with Crippen molar-refractivity contribution in [1.29, 1.82) is 0 Å². The van der Waals surface area contributed by atoms with Crippen LogP contribution >= 0.6 is 38.5 Å². The van der Waals surface area contributed by atoms with Crippen LogP contribution in [0.15, 0.2) is 40.9 Å². The van der Waals surface area contributed by atoms with Gasteiger partial charge in [0, 0.05) is 19.8 Å². The molecule has 20 heavy (non-hydrogen) atoms. The highest BCUT2D eigenvalue weighted by molar-refractivity contribution is 14.1. The summed E-state index contributed by atoms with van der Waals surface area (Å²) in [7, 11) is 1.54. The standard InChI is InChI=1S/C14H12BrIN2O2/c1-20-13-7-9(17)3-5-12(13)18-14(19)10-6-8(15)2-4-11(10)16/h2-7H,17H2,1H3,(H,18,19). The zero-order chi connectivity index (χ0) is 14.7. The molecule has 0 fully saturated rings. The zero-order valence-corrected chi connectivity index (χ0v) is 14.4. The zero-order valence-electron chi connectivity index (χ0n) is 10.6. The molecule has 2 rings (SSSR count). The minimum Gasteiger partial charge on any atom is -0.494 e. The van der Waals surface area contributed by atoms with E-state index in [4.69, 9.17) is 10.5 Å². The lowest BCUT2D eigenvalue weighted by molar-refractivity contribution is 0.102. The van der Waals surface area contributed by atoms with Crippen LogP contribution in [0, 0.1) is 3.57 Å². The van der Waals surface area contributed by atoms with Gasteiger partial charge in [-0.05, 0) is 52.9 Å². The molecule has 2 aromatic carbocycles. The summed E-state index contributed by atoms with van der Waals surface area (Å²) in [5, 5.41) is 2.83. The van der Waals surface area contributed by atoms with Gasteiger partial charge < -0.3 is 15.8 Å². The largest absolute Gasteiger partial charge is 0.494 e. The topological polar surface area (TPSA) is 64.3 Å². The fourth-order valence-electron chi connectivity index (χ4n) is 1.67. The van der Waals surface area contributed by atoms with Gasteiger partial charge in [-0.25, -0.2) is 0 Å². The summed E-state index contributed by atoms with van der Waals surface area (Å²) in [5.74, 6) is 0.335. The first kappa shape index (κ1) is 15.1. The fourth-order valence-corrected chi connectivity index (χ4v) is 2.61. The Hall–Kier alpha value is -1.28. The third-order valence-corrected chi connectivity index (χ3v) is 4.08. The number of carbonyl (C=O) groups excluding carboxylic acids is 1. The molecule has 0 atom stereocenters. The third kappa shape index (κ3) is 3.43. The number of rotatable bonds is 3. The Labute approximate surface area is 139 Å². The predicted molar refractivity (Wildman–Crippen MR) is 92.2 cm³/mol. The van der Waals surface area contributed by atoms with Crippen LogP contribution in [0.5, 0.6) is 5.75 Å². The van der Waals surface area contributed by atoms with Crippen molar-refractivity contribution in [2.24, 2.45) is 0 Å². The number of anilines is 2. The number of methoxy groups -OCH3 is 1. The van der Waals surface area contributed by atoms with Crippen molar-refractivity contribution in [3.8, 4) is 5.75 Å². The molecule has 0 aliphatic carbocycles. The molecule has 4 nitrogen and oxygen atoms in total. The summed E-state index contributed by atoms with van der Waals surface area (Å²) in [6.07, 6.45) is 0. The lowest BCUT2D eigenvalue weighted by atomic mass is 10.2. The molecular weight excluding hydrogens is 435 g/mol. The second kappa shape index (κ2) is 6.45. The van der Waals surface area contributed by atoms with Crippen LogP contribution in [-0.4, -0.2) is 13.0 Å². The summed E-state index contributed by atoms with van der Waals surface area (Å²) < 4.78 is 6.94. The maximum atomic E-state index is 12.3. The molecule has 0 saturated heterocycles. The molecule has 0 unspecified atom stereocenters. The third-order valence-electron chi connectivity index (χ3n) is 2.65. The number of hydrogen-bond acceptors (Lipinski definition) is 3. The van der Waals surface area contributed by atoms with Crippen LogP contribution in [0.25, 0.3) is 0 Å². The molecule has 0 heterocycles. The molecule has 0 aliphatic rings. The van der Waals surface area contributed by atoms with Gasteiger partial charge in [0.25, 0.3) is 5.91 Å². The Morgan fingerprint density at radius 2 is 2.05 bits per heavy atom. The lowest BCUT2D eigenvalue weighted by Gasteiger charge is -2.11. The van der Waals surface area contributed by atoms with Crippen LogP contribution in [-0.2, 0) is 0 Å². The van der Waals surface area contributed by atoms with E-state index in [9.17, 15) is 4.79 Å². The molecule has 6 heteroatoms. The highest BCUT2D eigenvalue weighted by atomic mass is 127. The van der Waals surface area contributed by atoms with Gasteiger partial charge in [0.05, 0.1) is 18.4 Å². The summed E-state index contributed by atoms with van der Waals surface area (Å²) >= 11 is 5.49. The maximum Gasteiger partial charge on any atom is 0.256 e. The van der Waals surface area contributed by atoms with Gasteiger partial charge in [0.1, 0.15) is 5.75 Å². The van der Waals surface area contributed by atoms with E-state index in [2.05, 4.69) is 43.8 Å².